The third-order valence-electron chi connectivity index (χ3n) is 5.49. The summed E-state index contributed by atoms with van der Waals surface area (Å²) in [5, 5.41) is 6.34. The molecule has 1 heterocycles. The second kappa shape index (κ2) is 10.7. The molecule has 1 aliphatic rings. The molecule has 0 radical (unpaired) electrons. The van der Waals surface area contributed by atoms with E-state index in [0.717, 1.165) is 31.4 Å². The molecule has 8 nitrogen and oxygen atoms in total. The van der Waals surface area contributed by atoms with E-state index in [1.54, 1.807) is 12.1 Å². The van der Waals surface area contributed by atoms with Gasteiger partial charge in [0.05, 0.1) is 27.0 Å². The molecule has 174 valence electrons. The molecule has 32 heavy (non-hydrogen) atoms. The molecule has 0 spiro atoms. The second-order valence-electron chi connectivity index (χ2n) is 8.05. The number of fused-ring (bicyclic) bond motifs is 1. The molecular weight excluding hydrogens is 430 g/mol. The number of hydrogen-bond acceptors (Lipinski definition) is 7. The van der Waals surface area contributed by atoms with Gasteiger partial charge in [-0.2, -0.15) is 0 Å². The Balaban J connectivity index is 1.76. The fourth-order valence-electron chi connectivity index (χ4n) is 3.74. The number of carbonyl (C=O) groups excluding carboxylic acids is 2. The highest BCUT2D eigenvalue weighted by molar-refractivity contribution is 7.15. The summed E-state index contributed by atoms with van der Waals surface area (Å²) in [6.07, 6.45) is 5.46. The summed E-state index contributed by atoms with van der Waals surface area (Å²) in [6.45, 7) is 3.77. The summed E-state index contributed by atoms with van der Waals surface area (Å²) in [7, 11) is 4.47. The lowest BCUT2D eigenvalue weighted by Gasteiger charge is -2.21. The van der Waals surface area contributed by atoms with Gasteiger partial charge < -0.3 is 24.8 Å². The van der Waals surface area contributed by atoms with Crippen molar-refractivity contribution in [3.63, 3.8) is 0 Å². The fourth-order valence-corrected chi connectivity index (χ4v) is 4.79. The van der Waals surface area contributed by atoms with E-state index < -0.39 is 11.9 Å². The Morgan fingerprint density at radius 2 is 1.66 bits per heavy atom. The first-order chi connectivity index (χ1) is 15.4. The zero-order valence-electron chi connectivity index (χ0n) is 19.2. The quantitative estimate of drug-likeness (QED) is 0.580. The number of anilines is 1. The number of methoxy groups -OCH3 is 3. The first-order valence-electron chi connectivity index (χ1n) is 10.8. The van der Waals surface area contributed by atoms with E-state index in [1.165, 1.54) is 44.0 Å². The molecule has 9 heteroatoms. The Labute approximate surface area is 192 Å². The SMILES string of the molecule is COc1cc(C(=O)N[C@H](C(=O)Nc2nc3c(s2)CCCCC3)C(C)C)cc(OC)c1OC. The van der Waals surface area contributed by atoms with E-state index in [1.807, 2.05) is 13.8 Å². The topological polar surface area (TPSA) is 98.8 Å². The second-order valence-corrected chi connectivity index (χ2v) is 9.13. The number of thiazole rings is 1. The van der Waals surface area contributed by atoms with Crippen LogP contribution in [0.1, 0.15) is 54.0 Å². The lowest BCUT2D eigenvalue weighted by Crippen LogP contribution is -2.47. The normalized spacial score (nSPS) is 14.2. The number of carbonyl (C=O) groups is 2. The minimum absolute atomic E-state index is 0.126. The van der Waals surface area contributed by atoms with E-state index in [-0.39, 0.29) is 11.8 Å². The highest BCUT2D eigenvalue weighted by Gasteiger charge is 2.27. The van der Waals surface area contributed by atoms with Crippen molar-refractivity contribution in [1.29, 1.82) is 0 Å². The van der Waals surface area contributed by atoms with Crippen LogP contribution in [-0.4, -0.2) is 44.2 Å². The Hall–Kier alpha value is -2.81. The summed E-state index contributed by atoms with van der Waals surface area (Å²) in [4.78, 5) is 31.9. The van der Waals surface area contributed by atoms with Gasteiger partial charge in [0, 0.05) is 10.4 Å². The molecule has 0 saturated heterocycles. The van der Waals surface area contributed by atoms with Crippen LogP contribution in [0, 0.1) is 5.92 Å². The van der Waals surface area contributed by atoms with E-state index >= 15 is 0 Å². The van der Waals surface area contributed by atoms with E-state index in [4.69, 9.17) is 14.2 Å². The van der Waals surface area contributed by atoms with E-state index in [2.05, 4.69) is 15.6 Å². The Morgan fingerprint density at radius 1 is 1.00 bits per heavy atom. The Kier molecular flexibility index (Phi) is 7.95. The van der Waals surface area contributed by atoms with Crippen molar-refractivity contribution in [2.45, 2.75) is 52.0 Å². The van der Waals surface area contributed by atoms with Gasteiger partial charge in [-0.15, -0.1) is 11.3 Å². The van der Waals surface area contributed by atoms with Gasteiger partial charge in [0.2, 0.25) is 11.7 Å². The average Bonchev–Trinajstić information content (AvgIpc) is 3.03. The van der Waals surface area contributed by atoms with Gasteiger partial charge in [0.15, 0.2) is 16.6 Å². The minimum atomic E-state index is -0.731. The number of benzene rings is 1. The summed E-state index contributed by atoms with van der Waals surface area (Å²) in [6, 6.07) is 2.39. The smallest absolute Gasteiger partial charge is 0.252 e. The van der Waals surface area contributed by atoms with Gasteiger partial charge in [0.25, 0.3) is 5.91 Å². The van der Waals surface area contributed by atoms with Gasteiger partial charge in [-0.1, -0.05) is 20.3 Å². The van der Waals surface area contributed by atoms with Crippen LogP contribution in [0.25, 0.3) is 0 Å². The van der Waals surface area contributed by atoms with Crippen molar-refractivity contribution in [3.05, 3.63) is 28.3 Å². The molecular formula is C23H31N3O5S. The van der Waals surface area contributed by atoms with Crippen molar-refractivity contribution in [2.24, 2.45) is 5.92 Å². The number of rotatable bonds is 8. The monoisotopic (exact) mass is 461 g/mol. The summed E-state index contributed by atoms with van der Waals surface area (Å²) >= 11 is 1.53. The summed E-state index contributed by atoms with van der Waals surface area (Å²) in [5.41, 5.74) is 1.39. The summed E-state index contributed by atoms with van der Waals surface area (Å²) < 4.78 is 16.0. The predicted molar refractivity (Wildman–Crippen MR) is 124 cm³/mol. The zero-order chi connectivity index (χ0) is 23.3. The zero-order valence-corrected chi connectivity index (χ0v) is 20.1. The van der Waals surface area contributed by atoms with E-state index in [0.29, 0.717) is 27.9 Å². The van der Waals surface area contributed by atoms with Crippen LogP contribution < -0.4 is 24.8 Å². The molecule has 0 unspecified atom stereocenters. The lowest BCUT2D eigenvalue weighted by molar-refractivity contribution is -0.118. The number of hydrogen-bond donors (Lipinski definition) is 2. The maximum atomic E-state index is 13.0. The standard InChI is InChI=1S/C23H31N3O5S/c1-13(2)19(22(28)26-23-24-15-9-7-6-8-10-18(15)32-23)25-21(27)14-11-16(29-3)20(31-5)17(12-14)30-4/h11-13,19H,6-10H2,1-5H3,(H,25,27)(H,24,26,28)/t19-/m0/s1. The molecule has 1 aromatic carbocycles. The molecule has 1 aliphatic carbocycles. The highest BCUT2D eigenvalue weighted by Crippen LogP contribution is 2.38. The predicted octanol–water partition coefficient (Wildman–Crippen LogP) is 3.83. The molecule has 0 aliphatic heterocycles. The van der Waals surface area contributed by atoms with Gasteiger partial charge >= 0.3 is 0 Å². The number of nitrogens with zero attached hydrogens (tertiary/aromatic N) is 1. The Bertz CT molecular complexity index is 924. The lowest BCUT2D eigenvalue weighted by atomic mass is 10.0. The van der Waals surface area contributed by atoms with Gasteiger partial charge in [-0.25, -0.2) is 4.98 Å². The molecule has 1 aromatic heterocycles. The van der Waals surface area contributed by atoms with Crippen molar-refractivity contribution in [3.8, 4) is 17.2 Å². The largest absolute Gasteiger partial charge is 0.493 e. The van der Waals surface area contributed by atoms with Crippen LogP contribution in [0.5, 0.6) is 17.2 Å². The van der Waals surface area contributed by atoms with Crippen LogP contribution in [0.15, 0.2) is 12.1 Å². The average molecular weight is 462 g/mol. The number of aryl methyl sites for hydroxylation is 2. The van der Waals surface area contributed by atoms with Crippen LogP contribution >= 0.6 is 11.3 Å². The first kappa shape index (κ1) is 23.8. The van der Waals surface area contributed by atoms with Gasteiger partial charge in [-0.05, 0) is 43.7 Å². The van der Waals surface area contributed by atoms with Crippen molar-refractivity contribution in [2.75, 3.05) is 26.6 Å². The third-order valence-corrected chi connectivity index (χ3v) is 6.56. The highest BCUT2D eigenvalue weighted by atomic mass is 32.1. The van der Waals surface area contributed by atoms with Crippen molar-refractivity contribution < 1.29 is 23.8 Å². The molecule has 0 saturated carbocycles. The molecule has 2 N–H and O–H groups in total. The number of amides is 2. The van der Waals surface area contributed by atoms with Gasteiger partial charge in [0.1, 0.15) is 6.04 Å². The van der Waals surface area contributed by atoms with Crippen molar-refractivity contribution >= 4 is 28.3 Å². The number of nitrogens with one attached hydrogen (secondary N) is 2. The maximum Gasteiger partial charge on any atom is 0.252 e. The molecule has 0 fully saturated rings. The summed E-state index contributed by atoms with van der Waals surface area (Å²) in [5.74, 6) is 0.309. The maximum absolute atomic E-state index is 13.0. The Morgan fingerprint density at radius 3 is 2.25 bits per heavy atom. The third kappa shape index (κ3) is 5.32. The van der Waals surface area contributed by atoms with Crippen LogP contribution in [0.3, 0.4) is 0 Å². The van der Waals surface area contributed by atoms with E-state index in [9.17, 15) is 9.59 Å². The molecule has 2 amide bonds. The first-order valence-corrected chi connectivity index (χ1v) is 11.6. The van der Waals surface area contributed by atoms with Crippen molar-refractivity contribution in [1.82, 2.24) is 10.3 Å². The van der Waals surface area contributed by atoms with Gasteiger partial charge in [-0.3, -0.25) is 9.59 Å². The van der Waals surface area contributed by atoms with Crippen LogP contribution in [-0.2, 0) is 17.6 Å². The molecule has 1 atom stereocenters. The van der Waals surface area contributed by atoms with Crippen LogP contribution in [0.4, 0.5) is 5.13 Å². The molecule has 2 aromatic rings. The number of aromatic nitrogens is 1. The molecule has 3 rings (SSSR count). The van der Waals surface area contributed by atoms with Crippen LogP contribution in [0.2, 0.25) is 0 Å². The minimum Gasteiger partial charge on any atom is -0.493 e. The number of ether oxygens (including phenoxy) is 3. The fraction of sp³-hybridized carbons (Fsp3) is 0.522. The molecule has 0 bridgehead atoms.